The Balaban J connectivity index is 1.15. The van der Waals surface area contributed by atoms with E-state index in [0.717, 1.165) is 54.0 Å². The number of H-pyrrole nitrogens is 1. The number of aromatic nitrogens is 6. The first-order valence-corrected chi connectivity index (χ1v) is 16.8. The number of nitrogens with one attached hydrogen (secondary N) is 1. The van der Waals surface area contributed by atoms with Crippen molar-refractivity contribution in [3.63, 3.8) is 0 Å². The van der Waals surface area contributed by atoms with E-state index < -0.39 is 15.7 Å². The summed E-state index contributed by atoms with van der Waals surface area (Å²) in [5, 5.41) is 19.1. The van der Waals surface area contributed by atoms with Gasteiger partial charge in [-0.15, -0.1) is 0 Å². The number of rotatable bonds is 6. The quantitative estimate of drug-likeness (QED) is 0.286. The van der Waals surface area contributed by atoms with E-state index in [2.05, 4.69) is 36.1 Å². The van der Waals surface area contributed by atoms with Crippen LogP contribution < -0.4 is 9.64 Å². The normalized spacial score (nSPS) is 19.3. The van der Waals surface area contributed by atoms with Crippen molar-refractivity contribution in [3.8, 4) is 11.9 Å². The lowest BCUT2D eigenvalue weighted by Gasteiger charge is -2.39. The molecule has 226 valence electrons. The van der Waals surface area contributed by atoms with Crippen LogP contribution >= 0.6 is 23.4 Å². The van der Waals surface area contributed by atoms with Gasteiger partial charge in [0.1, 0.15) is 33.2 Å². The second-order valence-electron chi connectivity index (χ2n) is 12.3. The number of hydrogen-bond acceptors (Lipinski definition) is 10. The van der Waals surface area contributed by atoms with Crippen molar-refractivity contribution in [2.75, 3.05) is 18.0 Å². The average Bonchev–Trinajstić information content (AvgIpc) is 3.67. The molecule has 1 atom stereocenters. The highest BCUT2D eigenvalue weighted by Gasteiger charge is 2.47. The summed E-state index contributed by atoms with van der Waals surface area (Å²) in [6, 6.07) is 7.98. The van der Waals surface area contributed by atoms with Gasteiger partial charge < -0.3 is 9.64 Å². The lowest BCUT2D eigenvalue weighted by molar-refractivity contribution is 0.290. The van der Waals surface area contributed by atoms with Gasteiger partial charge in [0.05, 0.1) is 21.5 Å². The molecule has 0 unspecified atom stereocenters. The summed E-state index contributed by atoms with van der Waals surface area (Å²) in [7, 11) is -1.39. The monoisotopic (exact) mass is 647 g/mol. The minimum Gasteiger partial charge on any atom is -0.473 e. The van der Waals surface area contributed by atoms with Crippen LogP contribution in [0.5, 0.6) is 5.88 Å². The zero-order valence-corrected chi connectivity index (χ0v) is 26.9. The maximum atomic E-state index is 13.1. The van der Waals surface area contributed by atoms with E-state index in [1.54, 1.807) is 18.5 Å². The molecule has 0 aromatic carbocycles. The summed E-state index contributed by atoms with van der Waals surface area (Å²) in [5.74, 6) is 0.872. The van der Waals surface area contributed by atoms with Crippen molar-refractivity contribution in [2.24, 2.45) is 9.81 Å². The highest BCUT2D eigenvalue weighted by molar-refractivity contribution is 7.99. The van der Waals surface area contributed by atoms with Crippen molar-refractivity contribution in [2.45, 2.75) is 73.6 Å². The van der Waals surface area contributed by atoms with Crippen LogP contribution in [0.25, 0.3) is 11.0 Å². The van der Waals surface area contributed by atoms with Crippen molar-refractivity contribution >= 4 is 57.0 Å². The number of ether oxygens (including phenoxy) is 1. The van der Waals surface area contributed by atoms with Gasteiger partial charge in [-0.3, -0.25) is 10.1 Å². The molecular formula is C30H30ClN9O2S2. The Morgan fingerprint density at radius 2 is 2.00 bits per heavy atom. The summed E-state index contributed by atoms with van der Waals surface area (Å²) >= 11 is 7.93. The Labute approximate surface area is 266 Å². The van der Waals surface area contributed by atoms with Crippen LogP contribution in [0.1, 0.15) is 63.4 Å². The number of hydrogen-bond donors (Lipinski definition) is 1. The molecule has 4 aromatic rings. The second-order valence-corrected chi connectivity index (χ2v) is 15.6. The predicted octanol–water partition coefficient (Wildman–Crippen LogP) is 5.45. The molecule has 0 radical (unpaired) electrons. The van der Waals surface area contributed by atoms with Gasteiger partial charge in [-0.1, -0.05) is 23.4 Å². The first-order valence-electron chi connectivity index (χ1n) is 14.5. The maximum Gasteiger partial charge on any atom is 0.234 e. The van der Waals surface area contributed by atoms with Gasteiger partial charge in [0, 0.05) is 47.8 Å². The Hall–Kier alpha value is -3.60. The number of aromatic amines is 1. The zero-order chi connectivity index (χ0) is 30.6. The summed E-state index contributed by atoms with van der Waals surface area (Å²) in [5.41, 5.74) is 3.33. The van der Waals surface area contributed by atoms with Crippen LogP contribution in [0.3, 0.4) is 0 Å². The third-order valence-electron chi connectivity index (χ3n) is 8.17. The number of piperidine rings is 1. The SMILES string of the molecule is CC(C)(C)[S@@](=O)N=C1c2cccnc2CC12CCN(c1nc(C#N)c3c(Sc4ccnc(OC5CC5)c4Cl)n[nH]c3n1)CC2. The molecule has 1 saturated carbocycles. The molecule has 14 heteroatoms. The highest BCUT2D eigenvalue weighted by atomic mass is 35.5. The van der Waals surface area contributed by atoms with E-state index in [9.17, 15) is 9.47 Å². The maximum absolute atomic E-state index is 13.1. The van der Waals surface area contributed by atoms with Gasteiger partial charge in [0.2, 0.25) is 11.8 Å². The Morgan fingerprint density at radius 1 is 1.20 bits per heavy atom. The van der Waals surface area contributed by atoms with Crippen LogP contribution in [0.15, 0.2) is 44.9 Å². The second kappa shape index (κ2) is 11.1. The smallest absolute Gasteiger partial charge is 0.234 e. The molecule has 1 spiro atoms. The standard InChI is InChI=1S/C30H30ClN9O2S2/c1-29(2,3)44(41)39-24-18-5-4-11-33-19(18)15-30(24)9-13-40(14-10-30)28-35-20(16-32)22-25(36-28)37-38-27(22)43-21-8-12-34-26(23(21)31)42-17-6-7-17/h4-5,8,11-12,17H,6-7,9-10,13-15H2,1-3H3,(H,35,36,37,38)/t44-/m1/s1. The lowest BCUT2D eigenvalue weighted by Crippen LogP contribution is -2.44. The fraction of sp³-hybridized carbons (Fsp3) is 0.433. The van der Waals surface area contributed by atoms with E-state index in [4.69, 9.17) is 25.7 Å². The Morgan fingerprint density at radius 3 is 2.73 bits per heavy atom. The highest BCUT2D eigenvalue weighted by Crippen LogP contribution is 2.46. The van der Waals surface area contributed by atoms with Crippen molar-refractivity contribution in [1.82, 2.24) is 30.1 Å². The van der Waals surface area contributed by atoms with Crippen molar-refractivity contribution < 1.29 is 8.95 Å². The van der Waals surface area contributed by atoms with Crippen molar-refractivity contribution in [1.29, 1.82) is 5.26 Å². The van der Waals surface area contributed by atoms with E-state index in [1.807, 2.05) is 32.9 Å². The molecule has 2 fully saturated rings. The fourth-order valence-electron chi connectivity index (χ4n) is 5.60. The molecule has 3 aliphatic rings. The molecule has 44 heavy (non-hydrogen) atoms. The summed E-state index contributed by atoms with van der Waals surface area (Å²) in [6.07, 6.45) is 7.91. The molecule has 4 aromatic heterocycles. The Kier molecular flexibility index (Phi) is 7.34. The molecule has 1 N–H and O–H groups in total. The molecule has 0 amide bonds. The number of nitriles is 1. The van der Waals surface area contributed by atoms with E-state index in [1.165, 1.54) is 11.8 Å². The first-order chi connectivity index (χ1) is 21.1. The number of anilines is 1. The molecule has 7 rings (SSSR count). The van der Waals surface area contributed by atoms with Crippen molar-refractivity contribution in [3.05, 3.63) is 52.6 Å². The van der Waals surface area contributed by atoms with Crippen LogP contribution in [0.2, 0.25) is 5.02 Å². The molecule has 0 bridgehead atoms. The minimum absolute atomic E-state index is 0.167. The summed E-state index contributed by atoms with van der Waals surface area (Å²) < 4.78 is 23.3. The van der Waals surface area contributed by atoms with E-state index >= 15 is 0 Å². The molecule has 1 saturated heterocycles. The largest absolute Gasteiger partial charge is 0.473 e. The first kappa shape index (κ1) is 29.1. The number of halogens is 1. The average molecular weight is 648 g/mol. The van der Waals surface area contributed by atoms with Gasteiger partial charge >= 0.3 is 0 Å². The summed E-state index contributed by atoms with van der Waals surface area (Å²) in [6.45, 7) is 7.12. The third kappa shape index (κ3) is 5.33. The van der Waals surface area contributed by atoms with Crippen LogP contribution in [0.4, 0.5) is 5.95 Å². The predicted molar refractivity (Wildman–Crippen MR) is 170 cm³/mol. The Bertz CT molecular complexity index is 1870. The molecule has 11 nitrogen and oxygen atoms in total. The zero-order valence-electron chi connectivity index (χ0n) is 24.5. The lowest BCUT2D eigenvalue weighted by atomic mass is 9.75. The minimum atomic E-state index is -1.39. The van der Waals surface area contributed by atoms with Gasteiger partial charge in [-0.05, 0) is 64.7 Å². The third-order valence-corrected chi connectivity index (χ3v) is 11.1. The van der Waals surface area contributed by atoms with Gasteiger partial charge in [-0.2, -0.15) is 19.7 Å². The van der Waals surface area contributed by atoms with Gasteiger partial charge in [-0.25, -0.2) is 14.2 Å². The number of fused-ring (bicyclic) bond motifs is 2. The van der Waals surface area contributed by atoms with Crippen LogP contribution in [-0.4, -0.2) is 64.0 Å². The summed E-state index contributed by atoms with van der Waals surface area (Å²) in [4.78, 5) is 21.2. The van der Waals surface area contributed by atoms with Crippen LogP contribution in [0, 0.1) is 16.7 Å². The van der Waals surface area contributed by atoms with Gasteiger partial charge in [0.25, 0.3) is 0 Å². The topological polar surface area (TPSA) is 146 Å². The fourth-order valence-corrected chi connectivity index (χ4v) is 7.51. The van der Waals surface area contributed by atoms with E-state index in [0.29, 0.717) is 46.0 Å². The molecular weight excluding hydrogens is 618 g/mol. The van der Waals surface area contributed by atoms with E-state index in [-0.39, 0.29) is 17.2 Å². The molecule has 2 aliphatic carbocycles. The van der Waals surface area contributed by atoms with Gasteiger partial charge in [0.15, 0.2) is 11.3 Å². The number of pyridine rings is 2. The molecule has 1 aliphatic heterocycles. The number of nitrogens with zero attached hydrogens (tertiary/aromatic N) is 8. The molecule has 5 heterocycles. The van der Waals surface area contributed by atoms with Crippen LogP contribution in [-0.2, 0) is 17.4 Å².